The number of amides is 1. The van der Waals surface area contributed by atoms with E-state index in [9.17, 15) is 4.79 Å². The summed E-state index contributed by atoms with van der Waals surface area (Å²) < 4.78 is 0. The van der Waals surface area contributed by atoms with E-state index in [2.05, 4.69) is 25.4 Å². The third-order valence-corrected chi connectivity index (χ3v) is 7.47. The maximum atomic E-state index is 11.5. The zero-order chi connectivity index (χ0) is 16.4. The van der Waals surface area contributed by atoms with Gasteiger partial charge in [0.2, 0.25) is 0 Å². The van der Waals surface area contributed by atoms with Crippen LogP contribution in [0.2, 0.25) is 0 Å². The van der Waals surface area contributed by atoms with Gasteiger partial charge >= 0.3 is 0 Å². The fourth-order valence-electron chi connectivity index (χ4n) is 5.88. The molecule has 0 aromatic carbocycles. The molecule has 1 N–H and O–H groups in total. The molecule has 128 valence electrons. The van der Waals surface area contributed by atoms with E-state index in [0.717, 1.165) is 48.4 Å². The van der Waals surface area contributed by atoms with E-state index < -0.39 is 0 Å². The number of fused-ring (bicyclic) bond motifs is 1. The van der Waals surface area contributed by atoms with Crippen molar-refractivity contribution in [2.45, 2.75) is 58.3 Å². The van der Waals surface area contributed by atoms with Gasteiger partial charge in [0.25, 0.3) is 5.24 Å². The standard InChI is InChI=1S/C20H31NOS/c1-4-23-19(22)21-11-5-6-17-14(2)9-10-20-12-15(3)16(13-20)7-8-18(17)20/h4,14,16-18H,1,3,5-13H2,2H3,(H,21,22)/t14?,16-,17?,18?,20-/m1/s1. The molecule has 3 fully saturated rings. The Labute approximate surface area is 145 Å². The van der Waals surface area contributed by atoms with Crippen LogP contribution in [0, 0.1) is 29.1 Å². The quantitative estimate of drug-likeness (QED) is 0.512. The van der Waals surface area contributed by atoms with Crippen LogP contribution in [0.1, 0.15) is 58.3 Å². The van der Waals surface area contributed by atoms with Crippen molar-refractivity contribution in [1.29, 1.82) is 0 Å². The molecule has 3 heteroatoms. The van der Waals surface area contributed by atoms with Crippen molar-refractivity contribution >= 4 is 17.0 Å². The second-order valence-electron chi connectivity index (χ2n) is 8.10. The highest BCUT2D eigenvalue weighted by Crippen LogP contribution is 2.64. The molecule has 3 aliphatic carbocycles. The normalized spacial score (nSPS) is 38.9. The van der Waals surface area contributed by atoms with Crippen LogP contribution in [-0.4, -0.2) is 11.8 Å². The molecular weight excluding hydrogens is 302 g/mol. The first-order valence-electron chi connectivity index (χ1n) is 9.29. The van der Waals surface area contributed by atoms with E-state index in [1.807, 2.05) is 0 Å². The minimum absolute atomic E-state index is 0.0285. The molecule has 2 nitrogen and oxygen atoms in total. The third kappa shape index (κ3) is 3.40. The topological polar surface area (TPSA) is 29.1 Å². The molecule has 0 heterocycles. The Morgan fingerprint density at radius 2 is 2.26 bits per heavy atom. The molecule has 0 aromatic heterocycles. The lowest BCUT2D eigenvalue weighted by Crippen LogP contribution is -2.43. The predicted octanol–water partition coefficient (Wildman–Crippen LogP) is 5.76. The molecule has 5 atom stereocenters. The van der Waals surface area contributed by atoms with E-state index in [0.29, 0.717) is 5.41 Å². The van der Waals surface area contributed by atoms with Gasteiger partial charge in [-0.15, -0.1) is 0 Å². The van der Waals surface area contributed by atoms with Gasteiger partial charge in [-0.2, -0.15) is 0 Å². The molecule has 3 rings (SSSR count). The Hall–Kier alpha value is -0.700. The summed E-state index contributed by atoms with van der Waals surface area (Å²) in [5.41, 5.74) is 2.15. The summed E-state index contributed by atoms with van der Waals surface area (Å²) in [4.78, 5) is 11.5. The van der Waals surface area contributed by atoms with Gasteiger partial charge in [0.1, 0.15) is 0 Å². The predicted molar refractivity (Wildman–Crippen MR) is 99.3 cm³/mol. The Morgan fingerprint density at radius 1 is 1.43 bits per heavy atom. The van der Waals surface area contributed by atoms with Crippen LogP contribution in [0.4, 0.5) is 4.79 Å². The van der Waals surface area contributed by atoms with Crippen LogP contribution < -0.4 is 5.32 Å². The maximum absolute atomic E-state index is 11.5. The van der Waals surface area contributed by atoms with Crippen LogP contribution in [0.5, 0.6) is 0 Å². The lowest BCUT2D eigenvalue weighted by atomic mass is 9.53. The first-order valence-corrected chi connectivity index (χ1v) is 10.2. The lowest BCUT2D eigenvalue weighted by Gasteiger charge is -2.51. The summed E-state index contributed by atoms with van der Waals surface area (Å²) >= 11 is 1.15. The minimum Gasteiger partial charge on any atom is -0.347 e. The van der Waals surface area contributed by atoms with Crippen LogP contribution in [0.25, 0.3) is 0 Å². The third-order valence-electron chi connectivity index (χ3n) is 6.94. The minimum atomic E-state index is 0.0285. The number of carbonyl (C=O) groups is 1. The summed E-state index contributed by atoms with van der Waals surface area (Å²) in [6.45, 7) is 11.2. The Morgan fingerprint density at radius 3 is 3.04 bits per heavy atom. The van der Waals surface area contributed by atoms with Crippen molar-refractivity contribution in [3.05, 3.63) is 24.1 Å². The van der Waals surface area contributed by atoms with Gasteiger partial charge in [-0.25, -0.2) is 0 Å². The molecule has 23 heavy (non-hydrogen) atoms. The van der Waals surface area contributed by atoms with Gasteiger partial charge < -0.3 is 5.32 Å². The fourth-order valence-corrected chi connectivity index (χ4v) is 6.22. The van der Waals surface area contributed by atoms with Crippen molar-refractivity contribution in [2.24, 2.45) is 29.1 Å². The molecule has 3 unspecified atom stereocenters. The number of nitrogens with one attached hydrogen (secondary N) is 1. The van der Waals surface area contributed by atoms with Crippen molar-refractivity contribution in [1.82, 2.24) is 5.32 Å². The summed E-state index contributed by atoms with van der Waals surface area (Å²) in [7, 11) is 0. The second kappa shape index (κ2) is 7.04. The zero-order valence-corrected chi connectivity index (χ0v) is 15.3. The maximum Gasteiger partial charge on any atom is 0.283 e. The molecule has 0 aromatic rings. The van der Waals surface area contributed by atoms with Gasteiger partial charge in [0, 0.05) is 6.54 Å². The highest BCUT2D eigenvalue weighted by molar-refractivity contribution is 8.16. The molecule has 1 amide bonds. The van der Waals surface area contributed by atoms with E-state index in [-0.39, 0.29) is 5.24 Å². The first kappa shape index (κ1) is 17.1. The largest absolute Gasteiger partial charge is 0.347 e. The molecule has 3 saturated carbocycles. The smallest absolute Gasteiger partial charge is 0.283 e. The number of hydrogen-bond acceptors (Lipinski definition) is 2. The fraction of sp³-hybridized carbons (Fsp3) is 0.750. The van der Waals surface area contributed by atoms with Crippen molar-refractivity contribution in [3.63, 3.8) is 0 Å². The highest BCUT2D eigenvalue weighted by atomic mass is 32.2. The number of thioether (sulfide) groups is 1. The van der Waals surface area contributed by atoms with Gasteiger partial charge in [-0.1, -0.05) is 25.7 Å². The average Bonchev–Trinajstić information content (AvgIpc) is 2.77. The summed E-state index contributed by atoms with van der Waals surface area (Å²) in [5.74, 6) is 3.42. The van der Waals surface area contributed by atoms with Gasteiger partial charge in [-0.05, 0) is 97.6 Å². The average molecular weight is 334 g/mol. The van der Waals surface area contributed by atoms with Gasteiger partial charge in [0.15, 0.2) is 0 Å². The van der Waals surface area contributed by atoms with E-state index in [4.69, 9.17) is 0 Å². The van der Waals surface area contributed by atoms with Crippen LogP contribution in [-0.2, 0) is 0 Å². The molecule has 0 aliphatic heterocycles. The highest BCUT2D eigenvalue weighted by Gasteiger charge is 2.54. The Balaban J connectivity index is 1.56. The van der Waals surface area contributed by atoms with Crippen LogP contribution in [0.3, 0.4) is 0 Å². The van der Waals surface area contributed by atoms with E-state index in [1.54, 1.807) is 11.0 Å². The summed E-state index contributed by atoms with van der Waals surface area (Å²) in [6, 6.07) is 0. The molecular formula is C20H31NOS. The van der Waals surface area contributed by atoms with Crippen molar-refractivity contribution < 1.29 is 4.79 Å². The monoisotopic (exact) mass is 333 g/mol. The number of hydrogen-bond donors (Lipinski definition) is 1. The molecule has 2 bridgehead atoms. The molecule has 1 spiro atoms. The molecule has 0 radical (unpaired) electrons. The number of carbonyl (C=O) groups excluding carboxylic acids is 1. The summed E-state index contributed by atoms with van der Waals surface area (Å²) in [5, 5.41) is 4.61. The van der Waals surface area contributed by atoms with Crippen molar-refractivity contribution in [2.75, 3.05) is 6.54 Å². The molecule has 3 aliphatic rings. The number of allylic oxidation sites excluding steroid dienone is 1. The lowest BCUT2D eigenvalue weighted by molar-refractivity contribution is -0.0196. The Kier molecular flexibility index (Phi) is 5.25. The first-order chi connectivity index (χ1) is 11.1. The van der Waals surface area contributed by atoms with E-state index >= 15 is 0 Å². The summed E-state index contributed by atoms with van der Waals surface area (Å²) in [6.07, 6.45) is 10.7. The van der Waals surface area contributed by atoms with Gasteiger partial charge in [-0.3, -0.25) is 4.79 Å². The zero-order valence-electron chi connectivity index (χ0n) is 14.5. The Bertz CT molecular complexity index is 488. The number of rotatable bonds is 5. The van der Waals surface area contributed by atoms with Crippen LogP contribution in [0.15, 0.2) is 24.1 Å². The molecule has 0 saturated heterocycles. The SMILES string of the molecule is C=CSC(=O)NCCCC1C(C)CC[C@]23CC(=C)[C@H](CCC12)C3. The van der Waals surface area contributed by atoms with E-state index in [1.165, 1.54) is 44.9 Å². The van der Waals surface area contributed by atoms with Gasteiger partial charge in [0.05, 0.1) is 0 Å². The second-order valence-corrected chi connectivity index (χ2v) is 9.04. The van der Waals surface area contributed by atoms with Crippen molar-refractivity contribution in [3.8, 4) is 0 Å². The van der Waals surface area contributed by atoms with Crippen LogP contribution >= 0.6 is 11.8 Å².